The quantitative estimate of drug-likeness (QED) is 0.340. The first-order chi connectivity index (χ1) is 17.4. The summed E-state index contributed by atoms with van der Waals surface area (Å²) in [7, 11) is -2.54. The monoisotopic (exact) mass is 518 g/mol. The van der Waals surface area contributed by atoms with Gasteiger partial charge in [0.25, 0.3) is 15.9 Å². The lowest BCUT2D eigenvalue weighted by Gasteiger charge is -2.25. The fourth-order valence-electron chi connectivity index (χ4n) is 4.34. The Morgan fingerprint density at radius 1 is 0.861 bits per heavy atom. The number of methoxy groups -OCH3 is 1. The number of ether oxygens (including phenoxy) is 1. The molecule has 5 rings (SSSR count). The smallest absolute Gasteiger partial charge is 0.263 e. The number of rotatable bonds is 5. The fourth-order valence-corrected chi connectivity index (χ4v) is 5.92. The molecule has 0 radical (unpaired) electrons. The molecule has 4 aromatic rings. The first kappa shape index (κ1) is 23.9. The molecular formula is C28H23ClN2O4S. The predicted octanol–water partition coefficient (Wildman–Crippen LogP) is 6.23. The molecule has 0 unspecified atom stereocenters. The van der Waals surface area contributed by atoms with Crippen LogP contribution in [0, 0.1) is 0 Å². The minimum Gasteiger partial charge on any atom is -0.497 e. The van der Waals surface area contributed by atoms with Crippen LogP contribution in [0.4, 0.5) is 17.1 Å². The molecule has 0 bridgehead atoms. The van der Waals surface area contributed by atoms with Gasteiger partial charge in [-0.05, 0) is 78.6 Å². The van der Waals surface area contributed by atoms with E-state index < -0.39 is 10.0 Å². The summed E-state index contributed by atoms with van der Waals surface area (Å²) < 4.78 is 34.1. The molecule has 182 valence electrons. The summed E-state index contributed by atoms with van der Waals surface area (Å²) in [5.41, 5.74) is 4.21. The number of hydrogen-bond acceptors (Lipinski definition) is 4. The molecule has 0 fully saturated rings. The molecule has 4 aromatic carbocycles. The van der Waals surface area contributed by atoms with Crippen LogP contribution in [0.3, 0.4) is 0 Å². The summed E-state index contributed by atoms with van der Waals surface area (Å²) in [6.07, 6.45) is 1.59. The highest BCUT2D eigenvalue weighted by atomic mass is 35.5. The van der Waals surface area contributed by atoms with Crippen LogP contribution < -0.4 is 14.4 Å². The van der Waals surface area contributed by atoms with Crippen LogP contribution in [-0.4, -0.2) is 21.4 Å². The largest absolute Gasteiger partial charge is 0.497 e. The lowest BCUT2D eigenvalue weighted by atomic mass is 10.0. The molecule has 0 atom stereocenters. The molecule has 0 saturated carbocycles. The highest BCUT2D eigenvalue weighted by molar-refractivity contribution is 7.92. The maximum absolute atomic E-state index is 14.0. The summed E-state index contributed by atoms with van der Waals surface area (Å²) >= 11 is 6.31. The van der Waals surface area contributed by atoms with Crippen molar-refractivity contribution < 1.29 is 17.9 Å². The van der Waals surface area contributed by atoms with Crippen LogP contribution in [0.25, 0.3) is 0 Å². The van der Waals surface area contributed by atoms with Gasteiger partial charge < -0.3 is 4.74 Å². The summed E-state index contributed by atoms with van der Waals surface area (Å²) in [5.74, 6) is 0.260. The van der Waals surface area contributed by atoms with Gasteiger partial charge in [0.2, 0.25) is 0 Å². The second-order valence-corrected chi connectivity index (χ2v) is 10.4. The molecule has 1 N–H and O–H groups in total. The van der Waals surface area contributed by atoms with Crippen molar-refractivity contribution in [2.45, 2.75) is 17.7 Å². The Morgan fingerprint density at radius 2 is 1.44 bits per heavy atom. The topological polar surface area (TPSA) is 75.7 Å². The lowest BCUT2D eigenvalue weighted by Crippen LogP contribution is -2.27. The number of halogens is 1. The molecule has 1 heterocycles. The van der Waals surface area contributed by atoms with Gasteiger partial charge in [0.05, 0.1) is 23.5 Å². The molecular weight excluding hydrogens is 496 g/mol. The van der Waals surface area contributed by atoms with E-state index in [1.54, 1.807) is 35.2 Å². The SMILES string of the molecule is COc1ccc(NS(=O)(=O)c2cc(C(=O)N3c4ccccc4CCc4ccccc43)ccc2Cl)cc1. The Kier molecular flexibility index (Phi) is 6.43. The summed E-state index contributed by atoms with van der Waals surface area (Å²) in [4.78, 5) is 15.4. The average molecular weight is 519 g/mol. The summed E-state index contributed by atoms with van der Waals surface area (Å²) in [5, 5.41) is 0.0178. The van der Waals surface area contributed by atoms with Crippen molar-refractivity contribution in [3.63, 3.8) is 0 Å². The second-order valence-electron chi connectivity index (χ2n) is 8.38. The second kappa shape index (κ2) is 9.68. The molecule has 0 saturated heterocycles. The molecule has 1 aliphatic heterocycles. The number of nitrogens with one attached hydrogen (secondary N) is 1. The molecule has 0 aliphatic carbocycles. The van der Waals surface area contributed by atoms with Gasteiger partial charge in [0.15, 0.2) is 0 Å². The highest BCUT2D eigenvalue weighted by Gasteiger charge is 2.28. The predicted molar refractivity (Wildman–Crippen MR) is 142 cm³/mol. The van der Waals surface area contributed by atoms with E-state index in [0.717, 1.165) is 35.3 Å². The average Bonchev–Trinajstić information content (AvgIpc) is 3.05. The van der Waals surface area contributed by atoms with Crippen LogP contribution in [0.2, 0.25) is 5.02 Å². The number of sulfonamides is 1. The van der Waals surface area contributed by atoms with Crippen LogP contribution in [0.15, 0.2) is 95.9 Å². The lowest BCUT2D eigenvalue weighted by molar-refractivity contribution is 0.0999. The third-order valence-corrected chi connectivity index (χ3v) is 8.00. The summed E-state index contributed by atoms with van der Waals surface area (Å²) in [6.45, 7) is 0. The van der Waals surface area contributed by atoms with Gasteiger partial charge in [-0.25, -0.2) is 8.42 Å². The molecule has 8 heteroatoms. The van der Waals surface area contributed by atoms with Crippen molar-refractivity contribution in [3.05, 3.63) is 113 Å². The number of hydrogen-bond donors (Lipinski definition) is 1. The Morgan fingerprint density at radius 3 is 2.03 bits per heavy atom. The number of fused-ring (bicyclic) bond motifs is 2. The molecule has 1 amide bonds. The van der Waals surface area contributed by atoms with E-state index in [1.807, 2.05) is 48.5 Å². The normalized spacial score (nSPS) is 12.8. The number of carbonyl (C=O) groups is 1. The molecule has 0 aromatic heterocycles. The first-order valence-electron chi connectivity index (χ1n) is 11.3. The van der Waals surface area contributed by atoms with Crippen LogP contribution in [0.1, 0.15) is 21.5 Å². The number of benzene rings is 4. The van der Waals surface area contributed by atoms with Crippen molar-refractivity contribution in [2.24, 2.45) is 0 Å². The molecule has 36 heavy (non-hydrogen) atoms. The minimum absolute atomic E-state index is 0.0178. The van der Waals surface area contributed by atoms with Crippen LogP contribution in [0.5, 0.6) is 5.75 Å². The van der Waals surface area contributed by atoms with Gasteiger partial charge in [-0.1, -0.05) is 48.0 Å². The van der Waals surface area contributed by atoms with Gasteiger partial charge in [-0.3, -0.25) is 14.4 Å². The van der Waals surface area contributed by atoms with E-state index in [2.05, 4.69) is 4.72 Å². The first-order valence-corrected chi connectivity index (χ1v) is 13.2. The zero-order valence-electron chi connectivity index (χ0n) is 19.4. The van der Waals surface area contributed by atoms with E-state index in [9.17, 15) is 13.2 Å². The highest BCUT2D eigenvalue weighted by Crippen LogP contribution is 2.37. The number of aryl methyl sites for hydroxylation is 2. The Bertz CT molecular complexity index is 1500. The number of amides is 1. The fraction of sp³-hybridized carbons (Fsp3) is 0.107. The van der Waals surface area contributed by atoms with E-state index in [1.165, 1.54) is 19.2 Å². The zero-order chi connectivity index (χ0) is 25.3. The third kappa shape index (κ3) is 4.55. The Balaban J connectivity index is 1.55. The van der Waals surface area contributed by atoms with Gasteiger partial charge in [0, 0.05) is 11.3 Å². The van der Waals surface area contributed by atoms with Crippen molar-refractivity contribution in [2.75, 3.05) is 16.7 Å². The van der Waals surface area contributed by atoms with Crippen LogP contribution >= 0.6 is 11.6 Å². The van der Waals surface area contributed by atoms with Crippen molar-refractivity contribution in [1.29, 1.82) is 0 Å². The van der Waals surface area contributed by atoms with Crippen LogP contribution in [-0.2, 0) is 22.9 Å². The van der Waals surface area contributed by atoms with Gasteiger partial charge in [-0.15, -0.1) is 0 Å². The Labute approximate surface area is 215 Å². The van der Waals surface area contributed by atoms with E-state index in [0.29, 0.717) is 11.4 Å². The van der Waals surface area contributed by atoms with Gasteiger partial charge in [-0.2, -0.15) is 0 Å². The maximum atomic E-state index is 14.0. The standard InChI is InChI=1S/C28H23ClN2O4S/c1-35-23-15-13-22(14-16-23)30-36(33,34)27-18-21(12-17-24(27)29)28(32)31-25-8-4-2-6-19(25)10-11-20-7-3-5-9-26(20)31/h2-9,12-18,30H,10-11H2,1H3. The molecule has 6 nitrogen and oxygen atoms in total. The van der Waals surface area contributed by atoms with Crippen molar-refractivity contribution in [1.82, 2.24) is 0 Å². The van der Waals surface area contributed by atoms with Gasteiger partial charge in [0.1, 0.15) is 10.6 Å². The number of para-hydroxylation sites is 2. The number of anilines is 3. The van der Waals surface area contributed by atoms with Crippen molar-refractivity contribution >= 4 is 44.6 Å². The number of carbonyl (C=O) groups excluding carboxylic acids is 1. The zero-order valence-corrected chi connectivity index (χ0v) is 21.0. The molecule has 0 spiro atoms. The van der Waals surface area contributed by atoms with E-state index >= 15 is 0 Å². The molecule has 1 aliphatic rings. The third-order valence-electron chi connectivity index (χ3n) is 6.14. The number of nitrogens with zero attached hydrogens (tertiary/aromatic N) is 1. The van der Waals surface area contributed by atoms with Crippen molar-refractivity contribution in [3.8, 4) is 5.75 Å². The minimum atomic E-state index is -4.07. The summed E-state index contributed by atoms with van der Waals surface area (Å²) in [6, 6.07) is 26.3. The maximum Gasteiger partial charge on any atom is 0.263 e. The van der Waals surface area contributed by atoms with E-state index in [4.69, 9.17) is 16.3 Å². The Hall–Kier alpha value is -3.81. The van der Waals surface area contributed by atoms with Gasteiger partial charge >= 0.3 is 0 Å². The van der Waals surface area contributed by atoms with E-state index in [-0.39, 0.29) is 21.4 Å².